The molecule has 116 valence electrons. The maximum atomic E-state index is 9.30. The van der Waals surface area contributed by atoms with Crippen molar-refractivity contribution >= 4 is 5.88 Å². The average Bonchev–Trinajstić information content (AvgIpc) is 3.23. The van der Waals surface area contributed by atoms with E-state index in [2.05, 4.69) is 34.7 Å². The van der Waals surface area contributed by atoms with Crippen LogP contribution in [0.5, 0.6) is 0 Å². The molecule has 6 nitrogen and oxygen atoms in total. The molecule has 0 radical (unpaired) electrons. The lowest BCUT2D eigenvalue weighted by atomic mass is 10.2. The van der Waals surface area contributed by atoms with Crippen LogP contribution >= 0.6 is 0 Å². The van der Waals surface area contributed by atoms with E-state index in [1.54, 1.807) is 18.4 Å². The van der Waals surface area contributed by atoms with Crippen molar-refractivity contribution in [3.05, 3.63) is 24.1 Å². The maximum Gasteiger partial charge on any atom is 0.266 e. The first kappa shape index (κ1) is 14.7. The van der Waals surface area contributed by atoms with Crippen molar-refractivity contribution in [2.75, 3.05) is 31.1 Å². The van der Waals surface area contributed by atoms with Crippen LogP contribution in [0.4, 0.5) is 5.88 Å². The minimum atomic E-state index is 0.323. The fourth-order valence-corrected chi connectivity index (χ4v) is 2.73. The molecule has 0 aromatic carbocycles. The van der Waals surface area contributed by atoms with E-state index in [9.17, 15) is 5.26 Å². The Labute approximate surface area is 129 Å². The number of nitrogens with zero attached hydrogens (tertiary/aromatic N) is 4. The summed E-state index contributed by atoms with van der Waals surface area (Å²) in [5.41, 5.74) is 0.323. The van der Waals surface area contributed by atoms with Gasteiger partial charge in [0.15, 0.2) is 5.76 Å². The number of hydrogen-bond donors (Lipinski definition) is 0. The summed E-state index contributed by atoms with van der Waals surface area (Å²) in [6.07, 6.45) is 2.71. The summed E-state index contributed by atoms with van der Waals surface area (Å²) >= 11 is 0. The number of furan rings is 1. The first-order chi connectivity index (χ1) is 10.7. The molecule has 1 unspecified atom stereocenters. The zero-order chi connectivity index (χ0) is 15.5. The fraction of sp³-hybridized carbons (Fsp3) is 0.500. The third-order valence-electron chi connectivity index (χ3n) is 4.26. The molecule has 1 aliphatic heterocycles. The molecule has 2 aromatic rings. The summed E-state index contributed by atoms with van der Waals surface area (Å²) in [5.74, 6) is 1.46. The molecule has 0 bridgehead atoms. The molecule has 1 aliphatic rings. The lowest BCUT2D eigenvalue weighted by Gasteiger charge is -2.37. The highest BCUT2D eigenvalue weighted by Gasteiger charge is 2.26. The van der Waals surface area contributed by atoms with Crippen LogP contribution in [0.15, 0.2) is 27.2 Å². The van der Waals surface area contributed by atoms with Crippen LogP contribution in [0.25, 0.3) is 11.7 Å². The molecule has 0 saturated carbocycles. The zero-order valence-electron chi connectivity index (χ0n) is 13.0. The van der Waals surface area contributed by atoms with Gasteiger partial charge in [-0.3, -0.25) is 4.90 Å². The normalized spacial score (nSPS) is 17.4. The number of anilines is 1. The fourth-order valence-electron chi connectivity index (χ4n) is 2.73. The summed E-state index contributed by atoms with van der Waals surface area (Å²) < 4.78 is 11.1. The van der Waals surface area contributed by atoms with Gasteiger partial charge < -0.3 is 13.7 Å². The molecule has 22 heavy (non-hydrogen) atoms. The Morgan fingerprint density at radius 3 is 2.73 bits per heavy atom. The molecular formula is C16H20N4O2. The molecule has 1 atom stereocenters. The van der Waals surface area contributed by atoms with E-state index in [1.807, 2.05) is 0 Å². The zero-order valence-corrected chi connectivity index (χ0v) is 13.0. The Bertz CT molecular complexity index is 648. The quantitative estimate of drug-likeness (QED) is 0.864. The van der Waals surface area contributed by atoms with Crippen molar-refractivity contribution in [1.29, 1.82) is 5.26 Å². The van der Waals surface area contributed by atoms with Crippen molar-refractivity contribution in [2.45, 2.75) is 26.3 Å². The number of hydrogen-bond acceptors (Lipinski definition) is 6. The van der Waals surface area contributed by atoms with E-state index in [-0.39, 0.29) is 0 Å². The van der Waals surface area contributed by atoms with Crippen molar-refractivity contribution in [2.24, 2.45) is 0 Å². The van der Waals surface area contributed by atoms with E-state index >= 15 is 0 Å². The van der Waals surface area contributed by atoms with Gasteiger partial charge in [-0.25, -0.2) is 0 Å². The Morgan fingerprint density at radius 2 is 2.14 bits per heavy atom. The minimum Gasteiger partial charge on any atom is -0.459 e. The molecule has 0 aliphatic carbocycles. The second kappa shape index (κ2) is 6.24. The molecule has 2 aromatic heterocycles. The van der Waals surface area contributed by atoms with Crippen LogP contribution in [0.1, 0.15) is 26.0 Å². The summed E-state index contributed by atoms with van der Waals surface area (Å²) in [5, 5.41) is 9.30. The van der Waals surface area contributed by atoms with Crippen LogP contribution < -0.4 is 4.90 Å². The smallest absolute Gasteiger partial charge is 0.266 e. The standard InChI is InChI=1S/C16H20N4O2/c1-3-12(2)19-6-8-20(9-7-19)16-13(11-17)18-15(22-16)14-5-4-10-21-14/h4-5,10,12H,3,6-9H2,1-2H3. The predicted molar refractivity (Wildman–Crippen MR) is 82.5 cm³/mol. The van der Waals surface area contributed by atoms with E-state index < -0.39 is 0 Å². The van der Waals surface area contributed by atoms with Crippen molar-refractivity contribution < 1.29 is 8.83 Å². The van der Waals surface area contributed by atoms with Crippen molar-refractivity contribution in [3.63, 3.8) is 0 Å². The molecule has 3 rings (SSSR count). The molecule has 0 spiro atoms. The SMILES string of the molecule is CCC(C)N1CCN(c2oc(-c3ccco3)nc2C#N)CC1. The van der Waals surface area contributed by atoms with E-state index in [0.717, 1.165) is 32.6 Å². The average molecular weight is 300 g/mol. The Balaban J connectivity index is 1.77. The molecule has 3 heterocycles. The summed E-state index contributed by atoms with van der Waals surface area (Å²) in [4.78, 5) is 8.80. The second-order valence-electron chi connectivity index (χ2n) is 5.54. The van der Waals surface area contributed by atoms with Gasteiger partial charge in [0.25, 0.3) is 5.89 Å². The summed E-state index contributed by atoms with van der Waals surface area (Å²) in [7, 11) is 0. The maximum absolute atomic E-state index is 9.30. The van der Waals surface area contributed by atoms with Crippen molar-refractivity contribution in [3.8, 4) is 17.7 Å². The van der Waals surface area contributed by atoms with E-state index in [1.165, 1.54) is 0 Å². The highest BCUT2D eigenvalue weighted by atomic mass is 16.4. The third-order valence-corrected chi connectivity index (χ3v) is 4.26. The van der Waals surface area contributed by atoms with Gasteiger partial charge in [-0.15, -0.1) is 0 Å². The van der Waals surface area contributed by atoms with Gasteiger partial charge in [-0.1, -0.05) is 6.92 Å². The lowest BCUT2D eigenvalue weighted by molar-refractivity contribution is 0.190. The molecule has 0 N–H and O–H groups in total. The van der Waals surface area contributed by atoms with Gasteiger partial charge in [-0.05, 0) is 25.5 Å². The van der Waals surface area contributed by atoms with Gasteiger partial charge in [0, 0.05) is 32.2 Å². The summed E-state index contributed by atoms with van der Waals surface area (Å²) in [6.45, 7) is 8.07. The highest BCUT2D eigenvalue weighted by molar-refractivity contribution is 5.55. The number of nitriles is 1. The molecule has 1 fully saturated rings. The summed E-state index contributed by atoms with van der Waals surface area (Å²) in [6, 6.07) is 6.26. The van der Waals surface area contributed by atoms with Gasteiger partial charge in [-0.2, -0.15) is 10.2 Å². The molecule has 1 saturated heterocycles. The van der Waals surface area contributed by atoms with E-state index in [4.69, 9.17) is 8.83 Å². The molecular weight excluding hydrogens is 280 g/mol. The number of rotatable bonds is 4. The molecule has 0 amide bonds. The molecule has 6 heteroatoms. The van der Waals surface area contributed by atoms with Gasteiger partial charge >= 0.3 is 0 Å². The Hall–Kier alpha value is -2.26. The number of piperazine rings is 1. The monoisotopic (exact) mass is 300 g/mol. The van der Waals surface area contributed by atoms with Crippen LogP contribution in [0.2, 0.25) is 0 Å². The van der Waals surface area contributed by atoms with Crippen LogP contribution in [0, 0.1) is 11.3 Å². The second-order valence-corrected chi connectivity index (χ2v) is 5.54. The van der Waals surface area contributed by atoms with Gasteiger partial charge in [0.2, 0.25) is 11.6 Å². The van der Waals surface area contributed by atoms with Crippen LogP contribution in [-0.4, -0.2) is 42.1 Å². The Morgan fingerprint density at radius 1 is 1.36 bits per heavy atom. The largest absolute Gasteiger partial charge is 0.459 e. The highest BCUT2D eigenvalue weighted by Crippen LogP contribution is 2.29. The van der Waals surface area contributed by atoms with E-state index in [0.29, 0.717) is 29.3 Å². The van der Waals surface area contributed by atoms with Crippen LogP contribution in [-0.2, 0) is 0 Å². The van der Waals surface area contributed by atoms with Gasteiger partial charge in [0.05, 0.1) is 6.26 Å². The predicted octanol–water partition coefficient (Wildman–Crippen LogP) is 2.73. The third kappa shape index (κ3) is 2.72. The minimum absolute atomic E-state index is 0.323. The topological polar surface area (TPSA) is 69.4 Å². The van der Waals surface area contributed by atoms with Crippen LogP contribution in [0.3, 0.4) is 0 Å². The lowest BCUT2D eigenvalue weighted by Crippen LogP contribution is -2.49. The first-order valence-corrected chi connectivity index (χ1v) is 7.66. The number of aromatic nitrogens is 1. The number of oxazole rings is 1. The van der Waals surface area contributed by atoms with Gasteiger partial charge in [0.1, 0.15) is 6.07 Å². The first-order valence-electron chi connectivity index (χ1n) is 7.66. The Kier molecular flexibility index (Phi) is 4.16. The van der Waals surface area contributed by atoms with Crippen molar-refractivity contribution in [1.82, 2.24) is 9.88 Å².